The summed E-state index contributed by atoms with van der Waals surface area (Å²) in [5.41, 5.74) is 0.820. The number of rotatable bonds is 2. The van der Waals surface area contributed by atoms with Gasteiger partial charge in [0.25, 0.3) is 0 Å². The van der Waals surface area contributed by atoms with E-state index in [9.17, 15) is 0 Å². The summed E-state index contributed by atoms with van der Waals surface area (Å²) >= 11 is 0. The van der Waals surface area contributed by atoms with E-state index >= 15 is 0 Å². The molecule has 0 amide bonds. The zero-order chi connectivity index (χ0) is 9.41. The van der Waals surface area contributed by atoms with Crippen molar-refractivity contribution in [2.45, 2.75) is 33.2 Å². The molecule has 0 saturated carbocycles. The molecule has 0 aromatic carbocycles. The number of hydrogen-bond acceptors (Lipinski definition) is 2. The zero-order valence-corrected chi connectivity index (χ0v) is 9.07. The van der Waals surface area contributed by atoms with E-state index < -0.39 is 0 Å². The van der Waals surface area contributed by atoms with Crippen LogP contribution in [0.15, 0.2) is 0 Å². The number of hydrogen-bond donors (Lipinski definition) is 1. The SMILES string of the molecule is CN(CC1(C)CNC1)C(C)(C)C. The Kier molecular flexibility index (Phi) is 2.50. The molecule has 1 heterocycles. The highest BCUT2D eigenvalue weighted by Gasteiger charge is 2.34. The predicted octanol–water partition coefficient (Wildman–Crippen LogP) is 1.33. The fraction of sp³-hybridized carbons (Fsp3) is 1.00. The van der Waals surface area contributed by atoms with Crippen LogP contribution in [0.2, 0.25) is 0 Å². The van der Waals surface area contributed by atoms with Crippen LogP contribution in [0.1, 0.15) is 27.7 Å². The lowest BCUT2D eigenvalue weighted by Crippen LogP contribution is -2.58. The summed E-state index contributed by atoms with van der Waals surface area (Å²) in [7, 11) is 2.21. The van der Waals surface area contributed by atoms with Gasteiger partial charge in [0.15, 0.2) is 0 Å². The Morgan fingerprint density at radius 3 is 2.08 bits per heavy atom. The molecule has 0 aromatic rings. The monoisotopic (exact) mass is 170 g/mol. The molecule has 1 aliphatic rings. The van der Waals surface area contributed by atoms with E-state index in [1.807, 2.05) is 0 Å². The van der Waals surface area contributed by atoms with Crippen LogP contribution in [0.4, 0.5) is 0 Å². The van der Waals surface area contributed by atoms with Crippen molar-refractivity contribution in [1.29, 1.82) is 0 Å². The van der Waals surface area contributed by atoms with Gasteiger partial charge in [-0.15, -0.1) is 0 Å². The molecule has 2 heteroatoms. The van der Waals surface area contributed by atoms with Gasteiger partial charge in [-0.05, 0) is 27.8 Å². The van der Waals surface area contributed by atoms with Gasteiger partial charge < -0.3 is 10.2 Å². The van der Waals surface area contributed by atoms with Crippen molar-refractivity contribution in [2.75, 3.05) is 26.7 Å². The second kappa shape index (κ2) is 3.00. The maximum atomic E-state index is 3.33. The lowest BCUT2D eigenvalue weighted by atomic mass is 9.83. The predicted molar refractivity (Wildman–Crippen MR) is 53.4 cm³/mol. The molecule has 1 aliphatic heterocycles. The summed E-state index contributed by atoms with van der Waals surface area (Å²) in [5, 5.41) is 3.33. The normalized spacial score (nSPS) is 22.5. The lowest BCUT2D eigenvalue weighted by Gasteiger charge is -2.45. The van der Waals surface area contributed by atoms with Gasteiger partial charge in [-0.1, -0.05) is 6.92 Å². The fourth-order valence-corrected chi connectivity index (χ4v) is 1.47. The van der Waals surface area contributed by atoms with E-state index in [0.29, 0.717) is 11.0 Å². The molecule has 72 valence electrons. The largest absolute Gasteiger partial charge is 0.315 e. The minimum Gasteiger partial charge on any atom is -0.315 e. The minimum absolute atomic E-state index is 0.304. The molecule has 0 radical (unpaired) electrons. The molecule has 2 nitrogen and oxygen atoms in total. The second-order valence-electron chi connectivity index (χ2n) is 5.44. The average Bonchev–Trinajstić information content (AvgIpc) is 1.82. The Balaban J connectivity index is 2.40. The molecule has 0 aliphatic carbocycles. The average molecular weight is 170 g/mol. The first kappa shape index (κ1) is 10.0. The van der Waals surface area contributed by atoms with E-state index in [1.165, 1.54) is 19.6 Å². The smallest absolute Gasteiger partial charge is 0.0122 e. The molecule has 12 heavy (non-hydrogen) atoms. The van der Waals surface area contributed by atoms with Gasteiger partial charge >= 0.3 is 0 Å². The van der Waals surface area contributed by atoms with Gasteiger partial charge in [-0.25, -0.2) is 0 Å². The van der Waals surface area contributed by atoms with Crippen LogP contribution in [-0.2, 0) is 0 Å². The summed E-state index contributed by atoms with van der Waals surface area (Å²) in [6.07, 6.45) is 0. The topological polar surface area (TPSA) is 15.3 Å². The first-order valence-corrected chi connectivity index (χ1v) is 4.75. The van der Waals surface area contributed by atoms with E-state index in [-0.39, 0.29) is 0 Å². The van der Waals surface area contributed by atoms with Crippen LogP contribution in [0.25, 0.3) is 0 Å². The number of nitrogens with one attached hydrogen (secondary N) is 1. The third-order valence-corrected chi connectivity index (χ3v) is 2.87. The van der Waals surface area contributed by atoms with Gasteiger partial charge in [-0.2, -0.15) is 0 Å². The molecule has 1 fully saturated rings. The van der Waals surface area contributed by atoms with Crippen molar-refractivity contribution in [3.63, 3.8) is 0 Å². The first-order valence-electron chi connectivity index (χ1n) is 4.75. The summed E-state index contributed by atoms with van der Waals surface area (Å²) < 4.78 is 0. The molecular formula is C10H22N2. The summed E-state index contributed by atoms with van der Waals surface area (Å²) in [4.78, 5) is 2.44. The molecule has 1 N–H and O–H groups in total. The molecule has 0 atom stereocenters. The van der Waals surface area contributed by atoms with Crippen LogP contribution >= 0.6 is 0 Å². The van der Waals surface area contributed by atoms with Gasteiger partial charge in [-0.3, -0.25) is 0 Å². The Labute approximate surface area is 76.3 Å². The maximum absolute atomic E-state index is 3.33. The van der Waals surface area contributed by atoms with Crippen molar-refractivity contribution in [1.82, 2.24) is 10.2 Å². The van der Waals surface area contributed by atoms with Crippen molar-refractivity contribution in [3.05, 3.63) is 0 Å². The van der Waals surface area contributed by atoms with Crippen molar-refractivity contribution >= 4 is 0 Å². The van der Waals surface area contributed by atoms with Gasteiger partial charge in [0.1, 0.15) is 0 Å². The Morgan fingerprint density at radius 1 is 1.33 bits per heavy atom. The zero-order valence-electron chi connectivity index (χ0n) is 9.07. The van der Waals surface area contributed by atoms with Gasteiger partial charge in [0, 0.05) is 30.6 Å². The van der Waals surface area contributed by atoms with E-state index in [4.69, 9.17) is 0 Å². The molecule has 1 rings (SSSR count). The second-order valence-corrected chi connectivity index (χ2v) is 5.44. The Bertz CT molecular complexity index is 154. The standard InChI is InChI=1S/C10H22N2/c1-9(2,3)12(5)8-10(4)6-11-7-10/h11H,6-8H2,1-5H3. The highest BCUT2D eigenvalue weighted by molar-refractivity contribution is 4.92. The minimum atomic E-state index is 0.304. The molecule has 1 saturated heterocycles. The van der Waals surface area contributed by atoms with E-state index in [2.05, 4.69) is 45.0 Å². The third kappa shape index (κ3) is 2.20. The van der Waals surface area contributed by atoms with Crippen molar-refractivity contribution in [2.24, 2.45) is 5.41 Å². The first-order chi connectivity index (χ1) is 5.33. The summed E-state index contributed by atoms with van der Waals surface area (Å²) in [6.45, 7) is 12.7. The van der Waals surface area contributed by atoms with Gasteiger partial charge in [0.2, 0.25) is 0 Å². The molecule has 0 spiro atoms. The maximum Gasteiger partial charge on any atom is 0.0122 e. The quantitative estimate of drug-likeness (QED) is 0.672. The highest BCUT2D eigenvalue weighted by Crippen LogP contribution is 2.25. The lowest BCUT2D eigenvalue weighted by molar-refractivity contribution is 0.0703. The summed E-state index contributed by atoms with van der Waals surface area (Å²) in [6, 6.07) is 0. The highest BCUT2D eigenvalue weighted by atomic mass is 15.2. The Hall–Kier alpha value is -0.0800. The number of nitrogens with zero attached hydrogens (tertiary/aromatic N) is 1. The van der Waals surface area contributed by atoms with Crippen LogP contribution in [-0.4, -0.2) is 37.1 Å². The molecule has 0 unspecified atom stereocenters. The van der Waals surface area contributed by atoms with Crippen LogP contribution in [0.3, 0.4) is 0 Å². The molecule has 0 bridgehead atoms. The van der Waals surface area contributed by atoms with Crippen LogP contribution in [0.5, 0.6) is 0 Å². The van der Waals surface area contributed by atoms with Crippen molar-refractivity contribution in [3.8, 4) is 0 Å². The fourth-order valence-electron chi connectivity index (χ4n) is 1.47. The Morgan fingerprint density at radius 2 is 1.83 bits per heavy atom. The van der Waals surface area contributed by atoms with Crippen LogP contribution < -0.4 is 5.32 Å². The third-order valence-electron chi connectivity index (χ3n) is 2.87. The van der Waals surface area contributed by atoms with Crippen molar-refractivity contribution < 1.29 is 0 Å². The molecular weight excluding hydrogens is 148 g/mol. The molecule has 0 aromatic heterocycles. The summed E-state index contributed by atoms with van der Waals surface area (Å²) in [5.74, 6) is 0. The van der Waals surface area contributed by atoms with E-state index in [0.717, 1.165) is 0 Å². The van der Waals surface area contributed by atoms with Crippen LogP contribution in [0, 0.1) is 5.41 Å². The van der Waals surface area contributed by atoms with Gasteiger partial charge in [0.05, 0.1) is 0 Å². The van der Waals surface area contributed by atoms with E-state index in [1.54, 1.807) is 0 Å².